The van der Waals surface area contributed by atoms with E-state index in [4.69, 9.17) is 0 Å². The number of carbonyl (C=O) groups excluding carboxylic acids is 2. The predicted octanol–water partition coefficient (Wildman–Crippen LogP) is 2.16. The Morgan fingerprint density at radius 3 is 2.75 bits per heavy atom. The van der Waals surface area contributed by atoms with Gasteiger partial charge in [0.1, 0.15) is 5.69 Å². The fraction of sp³-hybridized carbons (Fsp3) is 0.357. The van der Waals surface area contributed by atoms with Crippen molar-refractivity contribution in [2.75, 3.05) is 5.32 Å². The van der Waals surface area contributed by atoms with Crippen molar-refractivity contribution in [1.82, 2.24) is 14.8 Å². The van der Waals surface area contributed by atoms with Gasteiger partial charge in [0.25, 0.3) is 5.91 Å². The zero-order chi connectivity index (χ0) is 14.7. The molecule has 20 heavy (non-hydrogen) atoms. The van der Waals surface area contributed by atoms with Gasteiger partial charge in [0.05, 0.1) is 0 Å². The number of hydrogen-bond donors (Lipinski definition) is 2. The van der Waals surface area contributed by atoms with Crippen LogP contribution < -0.4 is 5.32 Å². The zero-order valence-electron chi connectivity index (χ0n) is 11.9. The van der Waals surface area contributed by atoms with E-state index in [2.05, 4.69) is 22.4 Å². The third kappa shape index (κ3) is 2.96. The largest absolute Gasteiger partial charge is 0.346 e. The smallest absolute Gasteiger partial charge is 0.273 e. The molecular formula is C14H18N4O2. The summed E-state index contributed by atoms with van der Waals surface area (Å²) in [4.78, 5) is 23.4. The van der Waals surface area contributed by atoms with Crippen molar-refractivity contribution in [1.29, 1.82) is 0 Å². The van der Waals surface area contributed by atoms with Gasteiger partial charge in [0.15, 0.2) is 11.6 Å². The number of aromatic nitrogens is 3. The summed E-state index contributed by atoms with van der Waals surface area (Å²) in [7, 11) is 1.73. The van der Waals surface area contributed by atoms with Gasteiger partial charge in [-0.1, -0.05) is 13.3 Å². The molecule has 2 aromatic rings. The van der Waals surface area contributed by atoms with Crippen LogP contribution in [-0.4, -0.2) is 26.5 Å². The van der Waals surface area contributed by atoms with Crippen molar-refractivity contribution in [2.24, 2.45) is 7.05 Å². The third-order valence-electron chi connectivity index (χ3n) is 3.04. The minimum absolute atomic E-state index is 0.0651. The lowest BCUT2D eigenvalue weighted by Gasteiger charge is -2.02. The average molecular weight is 274 g/mol. The minimum Gasteiger partial charge on any atom is -0.346 e. The summed E-state index contributed by atoms with van der Waals surface area (Å²) in [6.45, 7) is 3.55. The number of ketones is 1. The minimum atomic E-state index is -0.283. The molecule has 2 aromatic heterocycles. The average Bonchev–Trinajstić information content (AvgIpc) is 2.96. The van der Waals surface area contributed by atoms with Gasteiger partial charge in [0.2, 0.25) is 0 Å². The first kappa shape index (κ1) is 14.0. The second kappa shape index (κ2) is 5.73. The molecule has 0 saturated heterocycles. The summed E-state index contributed by atoms with van der Waals surface area (Å²) in [5, 5.41) is 9.63. The van der Waals surface area contributed by atoms with Crippen LogP contribution in [0.4, 0.5) is 5.82 Å². The number of aromatic amines is 1. The second-order valence-electron chi connectivity index (χ2n) is 4.76. The van der Waals surface area contributed by atoms with E-state index >= 15 is 0 Å². The summed E-state index contributed by atoms with van der Waals surface area (Å²) in [6, 6.07) is 3.40. The maximum Gasteiger partial charge on any atom is 0.273 e. The topological polar surface area (TPSA) is 79.8 Å². The Labute approximate surface area is 117 Å². The Morgan fingerprint density at radius 2 is 2.15 bits per heavy atom. The van der Waals surface area contributed by atoms with Crippen LogP contribution in [0.2, 0.25) is 0 Å². The Morgan fingerprint density at radius 1 is 1.40 bits per heavy atom. The molecule has 6 nitrogen and oxygen atoms in total. The zero-order valence-corrected chi connectivity index (χ0v) is 11.9. The highest BCUT2D eigenvalue weighted by Gasteiger charge is 2.15. The number of anilines is 1. The highest BCUT2D eigenvalue weighted by Crippen LogP contribution is 2.12. The quantitative estimate of drug-likeness (QED) is 0.820. The summed E-state index contributed by atoms with van der Waals surface area (Å²) >= 11 is 0. The van der Waals surface area contributed by atoms with Gasteiger partial charge < -0.3 is 9.88 Å². The summed E-state index contributed by atoms with van der Waals surface area (Å²) in [6.07, 6.45) is 3.54. The number of aryl methyl sites for hydroxylation is 2. The molecule has 6 heteroatoms. The van der Waals surface area contributed by atoms with Crippen molar-refractivity contribution >= 4 is 17.5 Å². The highest BCUT2D eigenvalue weighted by atomic mass is 16.2. The van der Waals surface area contributed by atoms with E-state index in [0.717, 1.165) is 18.5 Å². The number of nitrogens with one attached hydrogen (secondary N) is 2. The number of Topliss-reactive ketones (excluding diaryl/α,β-unsaturated/α-hetero) is 1. The third-order valence-corrected chi connectivity index (χ3v) is 3.04. The fourth-order valence-corrected chi connectivity index (χ4v) is 1.99. The van der Waals surface area contributed by atoms with Gasteiger partial charge >= 0.3 is 0 Å². The van der Waals surface area contributed by atoms with Crippen LogP contribution in [0.1, 0.15) is 46.8 Å². The Kier molecular flexibility index (Phi) is 4.02. The molecule has 0 radical (unpaired) electrons. The molecule has 0 saturated carbocycles. The summed E-state index contributed by atoms with van der Waals surface area (Å²) < 4.78 is 1.63. The lowest BCUT2D eigenvalue weighted by molar-refractivity contribution is 0.101. The maximum absolute atomic E-state index is 12.1. The van der Waals surface area contributed by atoms with Crippen molar-refractivity contribution in [3.05, 3.63) is 35.3 Å². The second-order valence-corrected chi connectivity index (χ2v) is 4.76. The predicted molar refractivity (Wildman–Crippen MR) is 76.0 cm³/mol. The monoisotopic (exact) mass is 274 g/mol. The van der Waals surface area contributed by atoms with Gasteiger partial charge in [-0.05, 0) is 19.4 Å². The first-order chi connectivity index (χ1) is 9.51. The lowest BCUT2D eigenvalue weighted by Crippen LogP contribution is -2.15. The van der Waals surface area contributed by atoms with E-state index in [0.29, 0.717) is 17.1 Å². The molecule has 2 heterocycles. The van der Waals surface area contributed by atoms with Crippen LogP contribution in [0, 0.1) is 0 Å². The van der Waals surface area contributed by atoms with Crippen molar-refractivity contribution in [3.8, 4) is 0 Å². The van der Waals surface area contributed by atoms with E-state index in [1.54, 1.807) is 23.9 Å². The maximum atomic E-state index is 12.1. The van der Waals surface area contributed by atoms with Gasteiger partial charge in [-0.15, -0.1) is 0 Å². The van der Waals surface area contributed by atoms with E-state index < -0.39 is 0 Å². The standard InChI is InChI=1S/C14H18N4O2/c1-4-5-11-7-13(17-16-11)15-14(20)12-6-10(9(2)19)8-18(12)3/h6-8H,4-5H2,1-3H3,(H2,15,16,17,20). The normalized spacial score (nSPS) is 10.6. The first-order valence-electron chi connectivity index (χ1n) is 6.54. The number of carbonyl (C=O) groups is 2. The molecule has 0 atom stereocenters. The SMILES string of the molecule is CCCc1cc(NC(=O)c2cc(C(C)=O)cn2C)n[nH]1. The Hall–Kier alpha value is -2.37. The Bertz CT molecular complexity index is 639. The van der Waals surface area contributed by atoms with E-state index in [1.165, 1.54) is 6.92 Å². The van der Waals surface area contributed by atoms with Crippen LogP contribution >= 0.6 is 0 Å². The number of nitrogens with zero attached hydrogens (tertiary/aromatic N) is 2. The summed E-state index contributed by atoms with van der Waals surface area (Å²) in [5.74, 6) is 0.142. The number of amides is 1. The van der Waals surface area contributed by atoms with Crippen LogP contribution in [0.25, 0.3) is 0 Å². The van der Waals surface area contributed by atoms with Crippen LogP contribution in [0.5, 0.6) is 0 Å². The highest BCUT2D eigenvalue weighted by molar-refractivity contribution is 6.05. The van der Waals surface area contributed by atoms with E-state index in [-0.39, 0.29) is 11.7 Å². The molecule has 1 amide bonds. The van der Waals surface area contributed by atoms with Crippen molar-refractivity contribution < 1.29 is 9.59 Å². The van der Waals surface area contributed by atoms with Crippen LogP contribution in [-0.2, 0) is 13.5 Å². The first-order valence-corrected chi connectivity index (χ1v) is 6.54. The Balaban J connectivity index is 2.13. The van der Waals surface area contributed by atoms with E-state index in [1.807, 2.05) is 6.07 Å². The van der Waals surface area contributed by atoms with E-state index in [9.17, 15) is 9.59 Å². The molecule has 0 spiro atoms. The molecule has 0 bridgehead atoms. The number of rotatable bonds is 5. The molecule has 0 unspecified atom stereocenters. The van der Waals surface area contributed by atoms with Crippen molar-refractivity contribution in [3.63, 3.8) is 0 Å². The van der Waals surface area contributed by atoms with Gasteiger partial charge in [-0.2, -0.15) is 5.10 Å². The van der Waals surface area contributed by atoms with Crippen LogP contribution in [0.3, 0.4) is 0 Å². The molecular weight excluding hydrogens is 256 g/mol. The fourth-order valence-electron chi connectivity index (χ4n) is 1.99. The molecule has 0 fully saturated rings. The molecule has 106 valence electrons. The van der Waals surface area contributed by atoms with Gasteiger partial charge in [0, 0.05) is 30.6 Å². The molecule has 0 aliphatic rings. The summed E-state index contributed by atoms with van der Waals surface area (Å²) in [5.41, 5.74) is 1.93. The molecule has 0 aromatic carbocycles. The number of hydrogen-bond acceptors (Lipinski definition) is 3. The molecule has 0 aliphatic heterocycles. The number of H-pyrrole nitrogens is 1. The van der Waals surface area contributed by atoms with Gasteiger partial charge in [-0.3, -0.25) is 14.7 Å². The molecule has 0 aliphatic carbocycles. The van der Waals surface area contributed by atoms with Gasteiger partial charge in [-0.25, -0.2) is 0 Å². The van der Waals surface area contributed by atoms with Crippen LogP contribution in [0.15, 0.2) is 18.3 Å². The molecule has 2 rings (SSSR count). The van der Waals surface area contributed by atoms with Crippen molar-refractivity contribution in [2.45, 2.75) is 26.7 Å². The lowest BCUT2D eigenvalue weighted by atomic mass is 10.2. The molecule has 2 N–H and O–H groups in total.